The van der Waals surface area contributed by atoms with Crippen LogP contribution in [0.5, 0.6) is 0 Å². The number of piperidine rings is 1. The summed E-state index contributed by atoms with van der Waals surface area (Å²) in [6.07, 6.45) is 4.08. The Morgan fingerprint density at radius 3 is 2.76 bits per heavy atom. The van der Waals surface area contributed by atoms with Crippen molar-refractivity contribution in [2.75, 3.05) is 18.4 Å². The SMILES string of the molecule is Cc1cccnc1Nc1cccc([C@H]2CCCN(Cc3ccc4c(c3)n(C)c(=O)n4C)C2)n1. The first-order valence-corrected chi connectivity index (χ1v) is 11.5. The number of fused-ring (bicyclic) bond motifs is 1. The van der Waals surface area contributed by atoms with Gasteiger partial charge in [-0.1, -0.05) is 18.2 Å². The maximum absolute atomic E-state index is 12.3. The largest absolute Gasteiger partial charge is 0.328 e. The molecule has 0 spiro atoms. The molecule has 170 valence electrons. The number of anilines is 2. The molecule has 1 aliphatic heterocycles. The summed E-state index contributed by atoms with van der Waals surface area (Å²) < 4.78 is 3.43. The van der Waals surface area contributed by atoms with Crippen LogP contribution in [0.1, 0.15) is 35.6 Å². The second-order valence-electron chi connectivity index (χ2n) is 9.04. The number of imidazole rings is 1. The van der Waals surface area contributed by atoms with E-state index >= 15 is 0 Å². The molecule has 7 nitrogen and oxygen atoms in total. The summed E-state index contributed by atoms with van der Waals surface area (Å²) >= 11 is 0. The van der Waals surface area contributed by atoms with Crippen LogP contribution in [0, 0.1) is 6.92 Å². The molecule has 1 aromatic carbocycles. The number of aryl methyl sites for hydroxylation is 3. The zero-order chi connectivity index (χ0) is 22.9. The summed E-state index contributed by atoms with van der Waals surface area (Å²) in [4.78, 5) is 24.1. The van der Waals surface area contributed by atoms with Gasteiger partial charge in [-0.3, -0.25) is 14.0 Å². The van der Waals surface area contributed by atoms with Crippen molar-refractivity contribution < 1.29 is 0 Å². The standard InChI is InChI=1S/C26H30N6O/c1-18-7-5-13-27-25(18)29-24-10-4-9-21(28-24)20-8-6-14-32(17-20)16-19-11-12-22-23(15-19)31(3)26(33)30(22)2/h4-5,7,9-13,15,20H,6,8,14,16-17H2,1-3H3,(H,27,28,29)/t20-/m0/s1. The number of nitrogens with one attached hydrogen (secondary N) is 1. The van der Waals surface area contributed by atoms with Crippen LogP contribution in [0.25, 0.3) is 11.0 Å². The summed E-state index contributed by atoms with van der Waals surface area (Å²) in [5.74, 6) is 2.08. The van der Waals surface area contributed by atoms with Gasteiger partial charge in [0.15, 0.2) is 0 Å². The number of hydrogen-bond donors (Lipinski definition) is 1. The van der Waals surface area contributed by atoms with Gasteiger partial charge in [-0.2, -0.15) is 0 Å². The smallest absolute Gasteiger partial charge is 0.325 e. The number of hydrogen-bond acceptors (Lipinski definition) is 5. The van der Waals surface area contributed by atoms with Crippen LogP contribution in [0.4, 0.5) is 11.6 Å². The van der Waals surface area contributed by atoms with E-state index < -0.39 is 0 Å². The highest BCUT2D eigenvalue weighted by Gasteiger charge is 2.23. The average Bonchev–Trinajstić information content (AvgIpc) is 3.04. The van der Waals surface area contributed by atoms with E-state index in [4.69, 9.17) is 4.98 Å². The summed E-state index contributed by atoms with van der Waals surface area (Å²) in [6, 6.07) is 16.5. The summed E-state index contributed by atoms with van der Waals surface area (Å²) in [5, 5.41) is 3.37. The molecule has 1 N–H and O–H groups in total. The molecule has 0 amide bonds. The van der Waals surface area contributed by atoms with Gasteiger partial charge in [0.2, 0.25) is 0 Å². The minimum Gasteiger partial charge on any atom is -0.325 e. The third kappa shape index (κ3) is 4.28. The van der Waals surface area contributed by atoms with E-state index in [9.17, 15) is 4.79 Å². The van der Waals surface area contributed by atoms with Crippen molar-refractivity contribution in [2.24, 2.45) is 14.1 Å². The zero-order valence-corrected chi connectivity index (χ0v) is 19.5. The molecule has 0 unspecified atom stereocenters. The normalized spacial score (nSPS) is 16.9. The maximum atomic E-state index is 12.3. The van der Waals surface area contributed by atoms with Crippen LogP contribution < -0.4 is 11.0 Å². The number of aromatic nitrogens is 4. The summed E-state index contributed by atoms with van der Waals surface area (Å²) in [5.41, 5.74) is 5.43. The van der Waals surface area contributed by atoms with E-state index in [2.05, 4.69) is 45.5 Å². The number of nitrogens with zero attached hydrogens (tertiary/aromatic N) is 5. The Morgan fingerprint density at radius 1 is 1.06 bits per heavy atom. The Bertz CT molecular complexity index is 1350. The van der Waals surface area contributed by atoms with Crippen molar-refractivity contribution in [1.29, 1.82) is 0 Å². The lowest BCUT2D eigenvalue weighted by Crippen LogP contribution is -2.34. The lowest BCUT2D eigenvalue weighted by molar-refractivity contribution is 0.198. The van der Waals surface area contributed by atoms with E-state index in [1.165, 1.54) is 5.56 Å². The third-order valence-electron chi connectivity index (χ3n) is 6.69. The first-order chi connectivity index (χ1) is 16.0. The molecule has 1 saturated heterocycles. The fraction of sp³-hybridized carbons (Fsp3) is 0.346. The molecule has 5 rings (SSSR count). The zero-order valence-electron chi connectivity index (χ0n) is 19.5. The van der Waals surface area contributed by atoms with Gasteiger partial charge in [0, 0.05) is 45.0 Å². The molecule has 1 aliphatic rings. The topological polar surface area (TPSA) is 68.0 Å². The van der Waals surface area contributed by atoms with Crippen LogP contribution in [-0.2, 0) is 20.6 Å². The molecule has 7 heteroatoms. The van der Waals surface area contributed by atoms with Crippen molar-refractivity contribution >= 4 is 22.7 Å². The number of rotatable bonds is 5. The van der Waals surface area contributed by atoms with Gasteiger partial charge in [0.05, 0.1) is 11.0 Å². The van der Waals surface area contributed by atoms with Crippen molar-refractivity contribution in [2.45, 2.75) is 32.2 Å². The Labute approximate surface area is 193 Å². The molecule has 0 radical (unpaired) electrons. The molecule has 0 aliphatic carbocycles. The molecule has 0 bridgehead atoms. The van der Waals surface area contributed by atoms with Gasteiger partial charge in [-0.15, -0.1) is 0 Å². The van der Waals surface area contributed by atoms with Gasteiger partial charge in [0.1, 0.15) is 11.6 Å². The van der Waals surface area contributed by atoms with Gasteiger partial charge >= 0.3 is 5.69 Å². The van der Waals surface area contributed by atoms with Crippen LogP contribution in [-0.4, -0.2) is 37.1 Å². The molecular formula is C26H30N6O. The predicted molar refractivity (Wildman–Crippen MR) is 132 cm³/mol. The molecule has 3 aromatic heterocycles. The molecule has 1 fully saturated rings. The quantitative estimate of drug-likeness (QED) is 0.504. The number of pyridine rings is 2. The number of likely N-dealkylation sites (tertiary alicyclic amines) is 1. The molecule has 4 heterocycles. The van der Waals surface area contributed by atoms with Crippen LogP contribution in [0.3, 0.4) is 0 Å². The fourth-order valence-electron chi connectivity index (χ4n) is 4.84. The number of benzene rings is 1. The van der Waals surface area contributed by atoms with Gasteiger partial charge in [-0.05, 0) is 67.8 Å². The highest BCUT2D eigenvalue weighted by atomic mass is 16.1. The van der Waals surface area contributed by atoms with E-state index in [1.807, 2.05) is 39.2 Å². The highest BCUT2D eigenvalue weighted by Crippen LogP contribution is 2.28. The second-order valence-corrected chi connectivity index (χ2v) is 9.04. The molecule has 33 heavy (non-hydrogen) atoms. The lowest BCUT2D eigenvalue weighted by Gasteiger charge is -2.32. The minimum absolute atomic E-state index is 0.0145. The molecule has 0 saturated carbocycles. The summed E-state index contributed by atoms with van der Waals surface area (Å²) in [6.45, 7) is 4.97. The lowest BCUT2D eigenvalue weighted by atomic mass is 9.94. The first-order valence-electron chi connectivity index (χ1n) is 11.5. The first kappa shape index (κ1) is 21.4. The Kier molecular flexibility index (Phi) is 5.72. The predicted octanol–water partition coefficient (Wildman–Crippen LogP) is 4.10. The average molecular weight is 443 g/mol. The van der Waals surface area contributed by atoms with Crippen molar-refractivity contribution in [3.8, 4) is 0 Å². The van der Waals surface area contributed by atoms with Crippen LogP contribution in [0.2, 0.25) is 0 Å². The Hall–Kier alpha value is -3.45. The summed E-state index contributed by atoms with van der Waals surface area (Å²) in [7, 11) is 3.66. The van der Waals surface area contributed by atoms with Gasteiger partial charge < -0.3 is 5.32 Å². The van der Waals surface area contributed by atoms with Crippen molar-refractivity contribution in [1.82, 2.24) is 24.0 Å². The van der Waals surface area contributed by atoms with Gasteiger partial charge in [-0.25, -0.2) is 14.8 Å². The van der Waals surface area contributed by atoms with E-state index in [0.717, 1.165) is 66.4 Å². The maximum Gasteiger partial charge on any atom is 0.328 e. The van der Waals surface area contributed by atoms with Crippen LogP contribution in [0.15, 0.2) is 59.5 Å². The van der Waals surface area contributed by atoms with Crippen LogP contribution >= 0.6 is 0 Å². The molecule has 1 atom stereocenters. The van der Waals surface area contributed by atoms with Crippen molar-refractivity contribution in [3.63, 3.8) is 0 Å². The van der Waals surface area contributed by atoms with E-state index in [1.54, 1.807) is 15.3 Å². The Morgan fingerprint density at radius 2 is 1.91 bits per heavy atom. The third-order valence-corrected chi connectivity index (χ3v) is 6.69. The molecular weight excluding hydrogens is 412 g/mol. The van der Waals surface area contributed by atoms with E-state index in [-0.39, 0.29) is 5.69 Å². The fourth-order valence-corrected chi connectivity index (χ4v) is 4.84. The highest BCUT2D eigenvalue weighted by molar-refractivity contribution is 5.76. The molecule has 4 aromatic rings. The van der Waals surface area contributed by atoms with Crippen molar-refractivity contribution in [3.05, 3.63) is 82.0 Å². The van der Waals surface area contributed by atoms with Gasteiger partial charge in [0.25, 0.3) is 0 Å². The monoisotopic (exact) mass is 442 g/mol. The second kappa shape index (κ2) is 8.83. The van der Waals surface area contributed by atoms with E-state index in [0.29, 0.717) is 5.92 Å². The minimum atomic E-state index is 0.0145. The Balaban J connectivity index is 1.31.